The summed E-state index contributed by atoms with van der Waals surface area (Å²) in [5.74, 6) is 4.03. The van der Waals surface area contributed by atoms with E-state index in [0.717, 1.165) is 72.0 Å². The van der Waals surface area contributed by atoms with Crippen LogP contribution >= 0.6 is 6.89 Å². The third kappa shape index (κ3) is 17.6. The summed E-state index contributed by atoms with van der Waals surface area (Å²) in [5.41, 5.74) is 6.80. The minimum absolute atomic E-state index is 0.306. The second-order valence-electron chi connectivity index (χ2n) is 15.6. The van der Waals surface area contributed by atoms with Gasteiger partial charge in [0.15, 0.2) is 0 Å². The van der Waals surface area contributed by atoms with Crippen LogP contribution in [0.4, 0.5) is 0 Å². The average Bonchev–Trinajstić information content (AvgIpc) is 3.49. The van der Waals surface area contributed by atoms with Crippen molar-refractivity contribution in [3.05, 3.63) is 260 Å². The number of carbonyl (C=O) groups excluding carboxylic acids is 4. The van der Waals surface area contributed by atoms with Gasteiger partial charge in [0.1, 0.15) is 6.29 Å². The molecule has 0 unspecified atom stereocenters. The number of aldehydes is 1. The molecule has 0 radical (unpaired) electrons. The van der Waals surface area contributed by atoms with Crippen LogP contribution in [0.15, 0.2) is 243 Å². The van der Waals surface area contributed by atoms with Crippen LogP contribution in [0.1, 0.15) is 17.1 Å². The molecule has 0 atom stereocenters. The van der Waals surface area contributed by atoms with Crippen molar-refractivity contribution >= 4 is 104 Å². The van der Waals surface area contributed by atoms with Crippen molar-refractivity contribution in [3.8, 4) is 0 Å². The molecular formula is C62H56N5O8P. The topological polar surface area (TPSA) is 204 Å². The largest absolute Gasteiger partial charge is 0.466 e. The summed E-state index contributed by atoms with van der Waals surface area (Å²) in [6.07, 6.45) is 16.7. The first-order chi connectivity index (χ1) is 37.3. The van der Waals surface area contributed by atoms with Crippen LogP contribution in [0, 0.1) is 0 Å². The maximum absolute atomic E-state index is 12.3. The average molecular weight is 1030 g/mol. The number of nitrogens with two attached hydrogens (primary N) is 1. The number of amides is 1. The summed E-state index contributed by atoms with van der Waals surface area (Å²) in [4.78, 5) is 57.2. The zero-order valence-corrected chi connectivity index (χ0v) is 42.6. The van der Waals surface area contributed by atoms with Crippen LogP contribution in [-0.2, 0) is 28.7 Å². The number of hydroxylamine groups is 1. The molecular weight excluding hydrogens is 974 g/mol. The summed E-state index contributed by atoms with van der Waals surface area (Å²) in [6.45, 7) is -2.23. The van der Waals surface area contributed by atoms with Crippen LogP contribution in [0.25, 0.3) is 50.9 Å². The summed E-state index contributed by atoms with van der Waals surface area (Å²) in [5, 5.41) is 21.5. The molecule has 0 saturated carbocycles. The number of fused-ring (bicyclic) bond motifs is 3. The number of ether oxygens (including phenoxy) is 2. The van der Waals surface area contributed by atoms with Crippen LogP contribution < -0.4 is 27.3 Å². The van der Waals surface area contributed by atoms with Crippen molar-refractivity contribution in [2.45, 2.75) is 0 Å². The van der Waals surface area contributed by atoms with Gasteiger partial charge in [0.05, 0.1) is 47.9 Å². The molecule has 0 bridgehead atoms. The zero-order chi connectivity index (χ0) is 54.2. The highest BCUT2D eigenvalue weighted by molar-refractivity contribution is 7.95. The number of nitrogens with zero attached hydrogens (tertiary/aromatic N) is 3. The van der Waals surface area contributed by atoms with Crippen molar-refractivity contribution in [2.75, 3.05) is 14.2 Å². The molecule has 9 rings (SSSR count). The van der Waals surface area contributed by atoms with Gasteiger partial charge in [-0.1, -0.05) is 188 Å². The van der Waals surface area contributed by atoms with E-state index in [4.69, 9.17) is 15.2 Å². The van der Waals surface area contributed by atoms with Gasteiger partial charge in [-0.15, -0.1) is 0 Å². The van der Waals surface area contributed by atoms with Gasteiger partial charge < -0.3 is 14.7 Å². The Kier molecular flexibility index (Phi) is 24.1. The van der Waals surface area contributed by atoms with E-state index in [9.17, 15) is 19.2 Å². The van der Waals surface area contributed by atoms with E-state index in [0.29, 0.717) is 0 Å². The lowest BCUT2D eigenvalue weighted by Gasteiger charge is -2.28. The quantitative estimate of drug-likeness (QED) is 0.0172. The fraction of sp³-hybridized carbons (Fsp3) is 0.0323. The second kappa shape index (κ2) is 31.9. The number of benzene rings is 6. The summed E-state index contributed by atoms with van der Waals surface area (Å²) >= 11 is 0. The molecule has 382 valence electrons. The second-order valence-corrected chi connectivity index (χ2v) is 18.9. The number of hydrogen-bond donors (Lipinski definition) is 4. The predicted octanol–water partition coefficient (Wildman–Crippen LogP) is 10.0. The van der Waals surface area contributed by atoms with E-state index < -0.39 is 12.8 Å². The minimum Gasteiger partial charge on any atom is -0.466 e. The van der Waals surface area contributed by atoms with Gasteiger partial charge in [0.2, 0.25) is 0 Å². The molecule has 14 heteroatoms. The van der Waals surface area contributed by atoms with Crippen molar-refractivity contribution < 1.29 is 39.1 Å². The summed E-state index contributed by atoms with van der Waals surface area (Å²) in [6, 6.07) is 66.0. The van der Waals surface area contributed by atoms with Gasteiger partial charge in [-0.2, -0.15) is 0 Å². The molecule has 13 nitrogen and oxygen atoms in total. The highest BCUT2D eigenvalue weighted by atomic mass is 31.2. The molecule has 0 aliphatic heterocycles. The van der Waals surface area contributed by atoms with Crippen LogP contribution in [-0.4, -0.2) is 69.5 Å². The molecule has 3 aromatic heterocycles. The Balaban J connectivity index is 0.000000188. The molecule has 5 N–H and O–H groups in total. The highest BCUT2D eigenvalue weighted by Crippen LogP contribution is 2.43. The van der Waals surface area contributed by atoms with E-state index >= 15 is 0 Å². The van der Waals surface area contributed by atoms with Crippen molar-refractivity contribution in [1.29, 1.82) is 0 Å². The van der Waals surface area contributed by atoms with Crippen molar-refractivity contribution in [1.82, 2.24) is 20.4 Å². The fourth-order valence-electron chi connectivity index (χ4n) is 7.22. The predicted molar refractivity (Wildman–Crippen MR) is 308 cm³/mol. The lowest BCUT2D eigenvalue weighted by atomic mass is 10.2. The summed E-state index contributed by atoms with van der Waals surface area (Å²) in [7, 11) is 2.77. The number of allylic oxidation sites excluding steroid dienone is 5. The monoisotopic (exact) mass is 1030 g/mol. The Morgan fingerprint density at radius 2 is 0.789 bits per heavy atom. The Morgan fingerprint density at radius 3 is 1.14 bits per heavy atom. The fourth-order valence-corrected chi connectivity index (χ4v) is 10.9. The maximum atomic E-state index is 12.3. The molecule has 0 spiro atoms. The number of hydrogen-bond acceptors (Lipinski definition) is 12. The van der Waals surface area contributed by atoms with E-state index in [-0.39, 0.29) is 11.9 Å². The van der Waals surface area contributed by atoms with Gasteiger partial charge in [0, 0.05) is 34.1 Å². The molecule has 3 heterocycles. The lowest BCUT2D eigenvalue weighted by molar-refractivity contribution is -0.135. The standard InChI is InChI=1S/C21H19O2P.C15H13NO2.C14H12N2O2.C12H9NO.H3NO/c1-23-21(22)17-24(18-11-5-2-6-12-18,19-13-7-3-8-14-19)20-15-9-4-10-16-20;1-18-15(17)9-5-3-7-13-11-10-12-6-2-4-8-14(12)16-13;17-14(16-18)8-4-2-6-12-10-9-11-5-1-3-7-13(11)15-12;14-9-3-5-11-8-7-10-4-1-2-6-12(10)13-11;1-2/h2-17H,1H3;2-11H,1H3;1-10,18H,(H,16,17);1-9H;2H,1H2/b;7-3+,9-5+;6-2+,8-4+;5-3+;. The van der Waals surface area contributed by atoms with Crippen molar-refractivity contribution in [3.63, 3.8) is 0 Å². The minimum atomic E-state index is -2.23. The van der Waals surface area contributed by atoms with Gasteiger partial charge in [-0.3, -0.25) is 14.8 Å². The molecule has 1 amide bonds. The van der Waals surface area contributed by atoms with E-state index in [1.54, 1.807) is 36.2 Å². The molecule has 6 aromatic carbocycles. The van der Waals surface area contributed by atoms with E-state index in [2.05, 4.69) is 62.0 Å². The lowest BCUT2D eigenvalue weighted by Crippen LogP contribution is -2.28. The highest BCUT2D eigenvalue weighted by Gasteiger charge is 2.26. The number of methoxy groups -OCH3 is 2. The maximum Gasteiger partial charge on any atom is 0.331 e. The van der Waals surface area contributed by atoms with Crippen LogP contribution in [0.5, 0.6) is 0 Å². The first-order valence-electron chi connectivity index (χ1n) is 23.4. The molecule has 0 aliphatic carbocycles. The number of pyridine rings is 3. The molecule has 0 aliphatic rings. The Morgan fingerprint density at radius 1 is 0.447 bits per heavy atom. The Bertz CT molecular complexity index is 3300. The zero-order valence-electron chi connectivity index (χ0n) is 41.7. The normalized spacial score (nSPS) is 10.9. The van der Waals surface area contributed by atoms with Gasteiger partial charge in [-0.25, -0.2) is 35.9 Å². The molecule has 9 aromatic rings. The van der Waals surface area contributed by atoms with Crippen LogP contribution in [0.3, 0.4) is 0 Å². The number of rotatable bonds is 12. The first-order valence-corrected chi connectivity index (χ1v) is 25.3. The number of aromatic nitrogens is 3. The van der Waals surface area contributed by atoms with E-state index in [1.165, 1.54) is 44.0 Å². The van der Waals surface area contributed by atoms with E-state index in [1.807, 2.05) is 170 Å². The van der Waals surface area contributed by atoms with Gasteiger partial charge in [-0.05, 0) is 83.5 Å². The third-order valence-corrected chi connectivity index (χ3v) is 14.7. The molecule has 0 saturated heterocycles. The van der Waals surface area contributed by atoms with Crippen LogP contribution in [0.2, 0.25) is 0 Å². The summed E-state index contributed by atoms with van der Waals surface area (Å²) < 4.78 is 9.49. The SMILES string of the molecule is COC(=O)/C=C/C=C/c1ccc2ccccc2n1.COC(=O)C=P(c1ccccc1)(c1ccccc1)c1ccccc1.NO.O=C(/C=C/C=C/c1ccc2ccccc2n1)NO.O=C/C=C/c1ccc2ccccc2n1. The van der Waals surface area contributed by atoms with Gasteiger partial charge in [0.25, 0.3) is 5.91 Å². The number of para-hydroxylation sites is 3. The number of carbonyl (C=O) groups is 4. The number of esters is 2. The third-order valence-electron chi connectivity index (χ3n) is 10.7. The van der Waals surface area contributed by atoms with Crippen molar-refractivity contribution in [2.24, 2.45) is 5.90 Å². The smallest absolute Gasteiger partial charge is 0.331 e. The van der Waals surface area contributed by atoms with Gasteiger partial charge >= 0.3 is 11.9 Å². The first kappa shape index (κ1) is 57.4. The number of nitrogens with one attached hydrogen (secondary N) is 1. The Labute approximate surface area is 441 Å². The Hall–Kier alpha value is -9.49. The molecule has 0 fully saturated rings. The molecule has 76 heavy (non-hydrogen) atoms.